The predicted octanol–water partition coefficient (Wildman–Crippen LogP) is 3.23. The first-order valence-corrected chi connectivity index (χ1v) is 8.73. The minimum absolute atomic E-state index is 0.0125. The lowest BCUT2D eigenvalue weighted by molar-refractivity contribution is -0.122. The van der Waals surface area contributed by atoms with E-state index in [-0.39, 0.29) is 22.7 Å². The molecule has 1 aromatic carbocycles. The second kappa shape index (κ2) is 7.59. The molecule has 1 amide bonds. The topological polar surface area (TPSA) is 51.1 Å². The van der Waals surface area contributed by atoms with Crippen LogP contribution < -0.4 is 10.2 Å². The van der Waals surface area contributed by atoms with Crippen molar-refractivity contribution in [1.82, 2.24) is 9.88 Å². The molecule has 0 bridgehead atoms. The van der Waals surface area contributed by atoms with Crippen molar-refractivity contribution in [2.24, 2.45) is 0 Å². The molecule has 2 aromatic rings. The first-order valence-electron chi connectivity index (χ1n) is 7.91. The van der Waals surface area contributed by atoms with E-state index >= 15 is 0 Å². The van der Waals surface area contributed by atoms with Crippen molar-refractivity contribution in [3.63, 3.8) is 0 Å². The normalized spacial score (nSPS) is 13.6. The van der Waals surface area contributed by atoms with Gasteiger partial charge in [-0.05, 0) is 26.3 Å². The average molecular weight is 332 g/mol. The number of hydrogen-bond donors (Lipinski definition) is 1. The number of nitrogens with zero attached hydrogens (tertiary/aromatic N) is 1. The molecule has 1 N–H and O–H groups in total. The molecule has 4 nitrogen and oxygen atoms in total. The van der Waals surface area contributed by atoms with Gasteiger partial charge in [0.25, 0.3) is 0 Å². The zero-order valence-corrected chi connectivity index (χ0v) is 14.9. The third-order valence-corrected chi connectivity index (χ3v) is 5.40. The van der Waals surface area contributed by atoms with Crippen molar-refractivity contribution in [2.75, 3.05) is 0 Å². The molecular weight excluding hydrogens is 308 g/mol. The average Bonchev–Trinajstić information content (AvgIpc) is 2.78. The number of benzene rings is 1. The van der Waals surface area contributed by atoms with Gasteiger partial charge in [-0.1, -0.05) is 48.6 Å². The van der Waals surface area contributed by atoms with Gasteiger partial charge in [0.05, 0.1) is 0 Å². The number of thiazole rings is 1. The summed E-state index contributed by atoms with van der Waals surface area (Å²) in [4.78, 5) is 25.0. The molecule has 0 aliphatic heterocycles. The Balaban J connectivity index is 1.90. The fourth-order valence-corrected chi connectivity index (χ4v) is 3.41. The van der Waals surface area contributed by atoms with Gasteiger partial charge in [-0.2, -0.15) is 0 Å². The number of nitrogens with one attached hydrogen (secondary N) is 1. The van der Waals surface area contributed by atoms with Crippen LogP contribution in [0, 0.1) is 13.8 Å². The Morgan fingerprint density at radius 1 is 1.22 bits per heavy atom. The maximum absolute atomic E-state index is 12.2. The van der Waals surface area contributed by atoms with E-state index in [2.05, 4.69) is 24.4 Å². The number of aromatic nitrogens is 1. The molecule has 0 aliphatic rings. The molecule has 2 rings (SSSR count). The third kappa shape index (κ3) is 4.32. The molecule has 124 valence electrons. The third-order valence-electron chi connectivity index (χ3n) is 4.40. The smallest absolute Gasteiger partial charge is 0.307 e. The maximum atomic E-state index is 12.2. The van der Waals surface area contributed by atoms with Gasteiger partial charge in [0.15, 0.2) is 0 Å². The van der Waals surface area contributed by atoms with E-state index < -0.39 is 0 Å². The minimum atomic E-state index is -0.0181. The fraction of sp³-hybridized carbons (Fsp3) is 0.444. The van der Waals surface area contributed by atoms with Crippen LogP contribution in [0.4, 0.5) is 0 Å². The Kier molecular flexibility index (Phi) is 5.77. The van der Waals surface area contributed by atoms with E-state index in [4.69, 9.17) is 0 Å². The second-order valence-corrected chi connectivity index (χ2v) is 7.13. The van der Waals surface area contributed by atoms with Crippen LogP contribution in [0.25, 0.3) is 0 Å². The van der Waals surface area contributed by atoms with E-state index in [1.54, 1.807) is 4.57 Å². The molecule has 23 heavy (non-hydrogen) atoms. The fourth-order valence-electron chi connectivity index (χ4n) is 2.56. The van der Waals surface area contributed by atoms with Crippen LogP contribution in [0.1, 0.15) is 42.3 Å². The first-order chi connectivity index (χ1) is 10.9. The summed E-state index contributed by atoms with van der Waals surface area (Å²) in [6, 6.07) is 10.2. The van der Waals surface area contributed by atoms with Crippen LogP contribution in [0.3, 0.4) is 0 Å². The molecule has 0 saturated carbocycles. The lowest BCUT2D eigenvalue weighted by Crippen LogP contribution is -2.36. The van der Waals surface area contributed by atoms with Gasteiger partial charge in [-0.15, -0.1) is 0 Å². The summed E-state index contributed by atoms with van der Waals surface area (Å²) < 4.78 is 1.69. The zero-order valence-electron chi connectivity index (χ0n) is 14.1. The van der Waals surface area contributed by atoms with E-state index in [0.29, 0.717) is 13.0 Å². The Labute approximate surface area is 141 Å². The Morgan fingerprint density at radius 3 is 2.43 bits per heavy atom. The highest BCUT2D eigenvalue weighted by atomic mass is 32.1. The highest BCUT2D eigenvalue weighted by Gasteiger charge is 2.17. The first kappa shape index (κ1) is 17.5. The van der Waals surface area contributed by atoms with Crippen molar-refractivity contribution < 1.29 is 4.79 Å². The van der Waals surface area contributed by atoms with Gasteiger partial charge in [0.1, 0.15) is 0 Å². The molecule has 0 spiro atoms. The molecule has 0 aliphatic carbocycles. The number of carbonyl (C=O) groups is 1. The summed E-state index contributed by atoms with van der Waals surface area (Å²) >= 11 is 1.24. The molecule has 1 heterocycles. The standard InChI is InChI=1S/C18H24N2O2S/c1-12(16-8-6-5-7-9-16)13(2)19-17(21)10-11-20-14(3)15(4)23-18(20)22/h5-9,12-13H,10-11H2,1-4H3,(H,19,21)/t12-,13+/m0/s1. The van der Waals surface area contributed by atoms with Crippen molar-refractivity contribution >= 4 is 17.2 Å². The predicted molar refractivity (Wildman–Crippen MR) is 95.1 cm³/mol. The van der Waals surface area contributed by atoms with Gasteiger partial charge in [-0.3, -0.25) is 9.59 Å². The molecule has 0 fully saturated rings. The Hall–Kier alpha value is -1.88. The SMILES string of the molecule is Cc1sc(=O)n(CCC(=O)N[C@H](C)[C@H](C)c2ccccc2)c1C. The maximum Gasteiger partial charge on any atom is 0.307 e. The van der Waals surface area contributed by atoms with Crippen molar-refractivity contribution in [3.05, 3.63) is 56.1 Å². The van der Waals surface area contributed by atoms with Crippen LogP contribution in [-0.4, -0.2) is 16.5 Å². The van der Waals surface area contributed by atoms with Crippen molar-refractivity contribution in [2.45, 2.75) is 52.6 Å². The molecule has 0 radical (unpaired) electrons. The molecular formula is C18H24N2O2S. The van der Waals surface area contributed by atoms with Crippen LogP contribution in [0.15, 0.2) is 35.1 Å². The number of rotatable bonds is 6. The van der Waals surface area contributed by atoms with Gasteiger partial charge in [0.2, 0.25) is 5.91 Å². The molecule has 0 saturated heterocycles. The lowest BCUT2D eigenvalue weighted by atomic mass is 9.94. The number of carbonyl (C=O) groups excluding carboxylic acids is 1. The van der Waals surface area contributed by atoms with E-state index in [1.165, 1.54) is 16.9 Å². The minimum Gasteiger partial charge on any atom is -0.353 e. The Morgan fingerprint density at radius 2 is 1.87 bits per heavy atom. The summed E-state index contributed by atoms with van der Waals surface area (Å²) in [5.41, 5.74) is 2.17. The van der Waals surface area contributed by atoms with Gasteiger partial charge < -0.3 is 9.88 Å². The van der Waals surface area contributed by atoms with Gasteiger partial charge in [-0.25, -0.2) is 0 Å². The lowest BCUT2D eigenvalue weighted by Gasteiger charge is -2.22. The number of amides is 1. The number of hydrogen-bond acceptors (Lipinski definition) is 3. The molecule has 2 atom stereocenters. The summed E-state index contributed by atoms with van der Waals surface area (Å²) in [5.74, 6) is 0.225. The summed E-state index contributed by atoms with van der Waals surface area (Å²) in [6.45, 7) is 8.42. The molecule has 1 aromatic heterocycles. The van der Waals surface area contributed by atoms with Crippen molar-refractivity contribution in [1.29, 1.82) is 0 Å². The van der Waals surface area contributed by atoms with Crippen LogP contribution in [-0.2, 0) is 11.3 Å². The van der Waals surface area contributed by atoms with E-state index in [9.17, 15) is 9.59 Å². The monoisotopic (exact) mass is 332 g/mol. The molecule has 5 heteroatoms. The quantitative estimate of drug-likeness (QED) is 0.883. The van der Waals surface area contributed by atoms with E-state index in [0.717, 1.165) is 10.6 Å². The van der Waals surface area contributed by atoms with Crippen LogP contribution in [0.2, 0.25) is 0 Å². The van der Waals surface area contributed by atoms with Crippen LogP contribution in [0.5, 0.6) is 0 Å². The highest BCUT2D eigenvalue weighted by molar-refractivity contribution is 7.09. The zero-order chi connectivity index (χ0) is 17.0. The molecule has 0 unspecified atom stereocenters. The summed E-state index contributed by atoms with van der Waals surface area (Å²) in [7, 11) is 0. The summed E-state index contributed by atoms with van der Waals surface area (Å²) in [5, 5.41) is 3.04. The Bertz CT molecular complexity index is 718. The van der Waals surface area contributed by atoms with Gasteiger partial charge >= 0.3 is 4.87 Å². The number of aryl methyl sites for hydroxylation is 1. The van der Waals surface area contributed by atoms with E-state index in [1.807, 2.05) is 39.0 Å². The van der Waals surface area contributed by atoms with Gasteiger partial charge in [0, 0.05) is 35.5 Å². The second-order valence-electron chi connectivity index (χ2n) is 5.97. The summed E-state index contributed by atoms with van der Waals surface area (Å²) in [6.07, 6.45) is 0.322. The van der Waals surface area contributed by atoms with Crippen molar-refractivity contribution in [3.8, 4) is 0 Å². The highest BCUT2D eigenvalue weighted by Crippen LogP contribution is 2.18. The largest absolute Gasteiger partial charge is 0.353 e. The van der Waals surface area contributed by atoms with Crippen LogP contribution >= 0.6 is 11.3 Å².